The van der Waals surface area contributed by atoms with E-state index >= 15 is 0 Å². The highest BCUT2D eigenvalue weighted by atomic mass is 16.3. The van der Waals surface area contributed by atoms with Crippen molar-refractivity contribution in [1.82, 2.24) is 14.7 Å². The van der Waals surface area contributed by atoms with Crippen LogP contribution in [0.3, 0.4) is 0 Å². The minimum absolute atomic E-state index is 0.560. The van der Waals surface area contributed by atoms with E-state index in [1.165, 1.54) is 45.4 Å². The first-order valence-corrected chi connectivity index (χ1v) is 7.92. The Bertz CT molecular complexity index is 251. The summed E-state index contributed by atoms with van der Waals surface area (Å²) >= 11 is 0. The highest BCUT2D eigenvalue weighted by Crippen LogP contribution is 2.10. The molecule has 4 nitrogen and oxygen atoms in total. The monoisotopic (exact) mass is 269 g/mol. The van der Waals surface area contributed by atoms with Crippen LogP contribution in [-0.4, -0.2) is 84.3 Å². The van der Waals surface area contributed by atoms with Crippen LogP contribution in [0.25, 0.3) is 0 Å². The van der Waals surface area contributed by atoms with E-state index in [0.29, 0.717) is 0 Å². The lowest BCUT2D eigenvalue weighted by atomic mass is 10.1. The van der Waals surface area contributed by atoms with Gasteiger partial charge < -0.3 is 10.0 Å². The largest absolute Gasteiger partial charge is 0.389 e. The van der Waals surface area contributed by atoms with Crippen molar-refractivity contribution in [3.05, 3.63) is 0 Å². The Kier molecular flexibility index (Phi) is 5.63. The molecule has 2 aliphatic heterocycles. The SMILES string of the molecule is CC(C)(O)CN1CCN(CCN2CCCCC2)CC1. The second-order valence-corrected chi connectivity index (χ2v) is 6.83. The number of nitrogens with zero attached hydrogens (tertiary/aromatic N) is 3. The van der Waals surface area contributed by atoms with Crippen molar-refractivity contribution in [3.63, 3.8) is 0 Å². The third-order valence-electron chi connectivity index (χ3n) is 4.26. The third-order valence-corrected chi connectivity index (χ3v) is 4.26. The minimum Gasteiger partial charge on any atom is -0.389 e. The zero-order chi connectivity index (χ0) is 13.7. The molecule has 0 bridgehead atoms. The van der Waals surface area contributed by atoms with Gasteiger partial charge in [-0.25, -0.2) is 0 Å². The maximum Gasteiger partial charge on any atom is 0.0718 e. The van der Waals surface area contributed by atoms with Crippen molar-refractivity contribution in [2.24, 2.45) is 0 Å². The fourth-order valence-corrected chi connectivity index (χ4v) is 3.18. The molecule has 2 heterocycles. The molecule has 19 heavy (non-hydrogen) atoms. The smallest absolute Gasteiger partial charge is 0.0718 e. The van der Waals surface area contributed by atoms with Gasteiger partial charge in [0, 0.05) is 45.8 Å². The lowest BCUT2D eigenvalue weighted by Gasteiger charge is -2.38. The van der Waals surface area contributed by atoms with Gasteiger partial charge in [-0.15, -0.1) is 0 Å². The van der Waals surface area contributed by atoms with Gasteiger partial charge in [0.1, 0.15) is 0 Å². The normalized spacial score (nSPS) is 24.8. The summed E-state index contributed by atoms with van der Waals surface area (Å²) in [7, 11) is 0. The molecule has 0 spiro atoms. The fraction of sp³-hybridized carbons (Fsp3) is 1.00. The first-order valence-electron chi connectivity index (χ1n) is 7.92. The summed E-state index contributed by atoms with van der Waals surface area (Å²) in [6.45, 7) is 14.2. The molecule has 1 N–H and O–H groups in total. The molecule has 0 aromatic carbocycles. The maximum absolute atomic E-state index is 9.85. The van der Waals surface area contributed by atoms with Gasteiger partial charge in [-0.1, -0.05) is 6.42 Å². The molecule has 2 rings (SSSR count). The molecule has 0 aliphatic carbocycles. The van der Waals surface area contributed by atoms with Crippen LogP contribution >= 0.6 is 0 Å². The van der Waals surface area contributed by atoms with Crippen molar-refractivity contribution in [1.29, 1.82) is 0 Å². The Balaban J connectivity index is 1.60. The van der Waals surface area contributed by atoms with Crippen LogP contribution in [0.5, 0.6) is 0 Å². The minimum atomic E-state index is -0.560. The highest BCUT2D eigenvalue weighted by molar-refractivity contribution is 4.78. The van der Waals surface area contributed by atoms with E-state index in [1.807, 2.05) is 13.8 Å². The van der Waals surface area contributed by atoms with Crippen LogP contribution in [0.4, 0.5) is 0 Å². The molecular weight excluding hydrogens is 238 g/mol. The van der Waals surface area contributed by atoms with Crippen molar-refractivity contribution >= 4 is 0 Å². The van der Waals surface area contributed by atoms with Crippen molar-refractivity contribution in [2.45, 2.75) is 38.7 Å². The molecule has 2 fully saturated rings. The summed E-state index contributed by atoms with van der Waals surface area (Å²) in [5.74, 6) is 0. The number of likely N-dealkylation sites (tertiary alicyclic amines) is 1. The summed E-state index contributed by atoms with van der Waals surface area (Å²) in [6, 6.07) is 0. The number of hydrogen-bond donors (Lipinski definition) is 1. The van der Waals surface area contributed by atoms with E-state index in [1.54, 1.807) is 0 Å². The Hall–Kier alpha value is -0.160. The highest BCUT2D eigenvalue weighted by Gasteiger charge is 2.22. The van der Waals surface area contributed by atoms with Crippen LogP contribution in [0.15, 0.2) is 0 Å². The molecule has 2 aliphatic rings. The number of hydrogen-bond acceptors (Lipinski definition) is 4. The van der Waals surface area contributed by atoms with E-state index in [-0.39, 0.29) is 0 Å². The molecular formula is C15H31N3O. The quantitative estimate of drug-likeness (QED) is 0.802. The van der Waals surface area contributed by atoms with Gasteiger partial charge in [-0.2, -0.15) is 0 Å². The summed E-state index contributed by atoms with van der Waals surface area (Å²) in [6.07, 6.45) is 4.20. The molecule has 2 saturated heterocycles. The first-order chi connectivity index (χ1) is 9.03. The van der Waals surface area contributed by atoms with Gasteiger partial charge in [0.2, 0.25) is 0 Å². The number of rotatable bonds is 5. The zero-order valence-corrected chi connectivity index (χ0v) is 12.8. The van der Waals surface area contributed by atoms with E-state index in [4.69, 9.17) is 0 Å². The fourth-order valence-electron chi connectivity index (χ4n) is 3.18. The topological polar surface area (TPSA) is 30.0 Å². The maximum atomic E-state index is 9.85. The Morgan fingerprint density at radius 1 is 0.737 bits per heavy atom. The summed E-state index contributed by atoms with van der Waals surface area (Å²) < 4.78 is 0. The van der Waals surface area contributed by atoms with Crippen LogP contribution < -0.4 is 0 Å². The van der Waals surface area contributed by atoms with Crippen LogP contribution in [0.2, 0.25) is 0 Å². The number of piperazine rings is 1. The Morgan fingerprint density at radius 2 is 1.21 bits per heavy atom. The van der Waals surface area contributed by atoms with E-state index in [9.17, 15) is 5.11 Å². The van der Waals surface area contributed by atoms with Gasteiger partial charge in [-0.3, -0.25) is 9.80 Å². The molecule has 0 saturated carbocycles. The Morgan fingerprint density at radius 3 is 1.74 bits per heavy atom. The number of piperidine rings is 1. The van der Waals surface area contributed by atoms with E-state index in [2.05, 4.69) is 14.7 Å². The van der Waals surface area contributed by atoms with Crippen molar-refractivity contribution < 1.29 is 5.11 Å². The summed E-state index contributed by atoms with van der Waals surface area (Å²) in [4.78, 5) is 7.58. The lowest BCUT2D eigenvalue weighted by molar-refractivity contribution is 0.0164. The average molecular weight is 269 g/mol. The summed E-state index contributed by atoms with van der Waals surface area (Å²) in [5.41, 5.74) is -0.560. The third kappa shape index (κ3) is 5.78. The predicted octanol–water partition coefficient (Wildman–Crippen LogP) is 0.861. The number of aliphatic hydroxyl groups is 1. The zero-order valence-electron chi connectivity index (χ0n) is 12.8. The molecule has 4 heteroatoms. The predicted molar refractivity (Wildman–Crippen MR) is 79.5 cm³/mol. The van der Waals surface area contributed by atoms with E-state index in [0.717, 1.165) is 32.7 Å². The molecule has 0 unspecified atom stereocenters. The second kappa shape index (κ2) is 7.02. The standard InChI is InChI=1S/C15H31N3O/c1-15(2,19)14-18-12-10-17(11-13-18)9-8-16-6-4-3-5-7-16/h19H,3-14H2,1-2H3. The van der Waals surface area contributed by atoms with Crippen molar-refractivity contribution in [3.8, 4) is 0 Å². The summed E-state index contributed by atoms with van der Waals surface area (Å²) in [5, 5.41) is 9.85. The number of β-amino-alcohol motifs (C(OH)–C–C–N with tert-alkyl or cyclic N) is 1. The molecule has 0 aromatic rings. The van der Waals surface area contributed by atoms with Crippen LogP contribution in [-0.2, 0) is 0 Å². The molecule has 0 atom stereocenters. The van der Waals surface area contributed by atoms with Crippen LogP contribution in [0, 0.1) is 0 Å². The molecule has 0 radical (unpaired) electrons. The molecule has 112 valence electrons. The van der Waals surface area contributed by atoms with Gasteiger partial charge in [0.05, 0.1) is 5.60 Å². The van der Waals surface area contributed by atoms with Crippen LogP contribution in [0.1, 0.15) is 33.1 Å². The van der Waals surface area contributed by atoms with Gasteiger partial charge in [0.15, 0.2) is 0 Å². The second-order valence-electron chi connectivity index (χ2n) is 6.83. The van der Waals surface area contributed by atoms with Crippen molar-refractivity contribution in [2.75, 3.05) is 58.9 Å². The van der Waals surface area contributed by atoms with Gasteiger partial charge in [-0.05, 0) is 39.8 Å². The van der Waals surface area contributed by atoms with Gasteiger partial charge >= 0.3 is 0 Å². The lowest BCUT2D eigenvalue weighted by Crippen LogP contribution is -2.51. The molecule has 0 aromatic heterocycles. The molecule has 0 amide bonds. The Labute approximate surface area is 118 Å². The van der Waals surface area contributed by atoms with Gasteiger partial charge in [0.25, 0.3) is 0 Å². The first kappa shape index (κ1) is 15.2. The average Bonchev–Trinajstić information content (AvgIpc) is 2.37. The van der Waals surface area contributed by atoms with E-state index < -0.39 is 5.60 Å².